The molecule has 0 N–H and O–H groups in total. The molecule has 0 bridgehead atoms. The van der Waals surface area contributed by atoms with Crippen molar-refractivity contribution in [3.63, 3.8) is 0 Å². The summed E-state index contributed by atoms with van der Waals surface area (Å²) < 4.78 is 11.9. The van der Waals surface area contributed by atoms with Crippen molar-refractivity contribution in [3.8, 4) is 11.5 Å². The van der Waals surface area contributed by atoms with E-state index in [9.17, 15) is 14.9 Å². The molecular formula is C24H20BrNO5. The second-order valence-corrected chi connectivity index (χ2v) is 7.71. The van der Waals surface area contributed by atoms with Crippen molar-refractivity contribution < 1.29 is 19.2 Å². The van der Waals surface area contributed by atoms with Crippen molar-refractivity contribution in [1.29, 1.82) is 0 Å². The predicted octanol–water partition coefficient (Wildman–Crippen LogP) is 6.15. The molecule has 0 spiro atoms. The average molecular weight is 482 g/mol. The lowest BCUT2D eigenvalue weighted by atomic mass is 10.1. The van der Waals surface area contributed by atoms with Gasteiger partial charge in [0.15, 0.2) is 11.5 Å². The monoisotopic (exact) mass is 481 g/mol. The predicted molar refractivity (Wildman–Crippen MR) is 123 cm³/mol. The van der Waals surface area contributed by atoms with Crippen LogP contribution in [0.2, 0.25) is 0 Å². The van der Waals surface area contributed by atoms with Crippen LogP contribution in [0, 0.1) is 17.0 Å². The fourth-order valence-corrected chi connectivity index (χ4v) is 3.37. The molecular weight excluding hydrogens is 462 g/mol. The van der Waals surface area contributed by atoms with Crippen molar-refractivity contribution in [2.24, 2.45) is 0 Å². The van der Waals surface area contributed by atoms with Crippen LogP contribution in [0.4, 0.5) is 5.69 Å². The Morgan fingerprint density at radius 2 is 1.87 bits per heavy atom. The molecule has 3 rings (SSSR count). The highest BCUT2D eigenvalue weighted by Crippen LogP contribution is 2.30. The Balaban J connectivity index is 1.80. The fourth-order valence-electron chi connectivity index (χ4n) is 2.97. The van der Waals surface area contributed by atoms with Gasteiger partial charge < -0.3 is 9.47 Å². The van der Waals surface area contributed by atoms with E-state index >= 15 is 0 Å². The minimum absolute atomic E-state index is 0.0777. The first-order chi connectivity index (χ1) is 14.9. The molecule has 31 heavy (non-hydrogen) atoms. The molecule has 0 saturated carbocycles. The number of halogens is 1. The van der Waals surface area contributed by atoms with Gasteiger partial charge in [-0.2, -0.15) is 0 Å². The lowest BCUT2D eigenvalue weighted by Gasteiger charge is -2.12. The van der Waals surface area contributed by atoms with E-state index in [1.807, 2.05) is 18.2 Å². The number of nitrogens with zero attached hydrogens (tertiary/aromatic N) is 1. The Hall–Kier alpha value is -3.45. The zero-order chi connectivity index (χ0) is 22.4. The molecule has 6 nitrogen and oxygen atoms in total. The van der Waals surface area contributed by atoms with Crippen LogP contribution in [0.5, 0.6) is 11.5 Å². The van der Waals surface area contributed by atoms with Gasteiger partial charge in [-0.3, -0.25) is 14.9 Å². The van der Waals surface area contributed by atoms with E-state index in [2.05, 4.69) is 15.9 Å². The quantitative estimate of drug-likeness (QED) is 0.167. The Morgan fingerprint density at radius 3 is 2.58 bits per heavy atom. The molecule has 0 radical (unpaired) electrons. The molecule has 3 aromatic carbocycles. The van der Waals surface area contributed by atoms with E-state index in [4.69, 9.17) is 9.47 Å². The van der Waals surface area contributed by atoms with Gasteiger partial charge in [0.25, 0.3) is 0 Å². The first-order valence-electron chi connectivity index (χ1n) is 9.40. The van der Waals surface area contributed by atoms with Gasteiger partial charge in [-0.05, 0) is 54.5 Å². The zero-order valence-corrected chi connectivity index (χ0v) is 18.6. The molecule has 0 saturated heterocycles. The van der Waals surface area contributed by atoms with Crippen LogP contribution >= 0.6 is 15.9 Å². The maximum absolute atomic E-state index is 12.4. The van der Waals surface area contributed by atoms with Gasteiger partial charge in [-0.25, -0.2) is 0 Å². The number of aryl methyl sites for hydroxylation is 1. The summed E-state index contributed by atoms with van der Waals surface area (Å²) in [6.07, 6.45) is 3.21. The molecule has 0 atom stereocenters. The number of ether oxygens (including phenoxy) is 2. The number of hydrogen-bond acceptors (Lipinski definition) is 5. The Kier molecular flexibility index (Phi) is 7.20. The SMILES string of the molecule is COc1ccc(/C=C/C(=O)c2cccc(Br)c2)cc1COc1ccc(C)cc1[N+](=O)[O-]. The topological polar surface area (TPSA) is 78.7 Å². The van der Waals surface area contributed by atoms with Crippen LogP contribution in [0.1, 0.15) is 27.0 Å². The smallest absolute Gasteiger partial charge is 0.311 e. The fraction of sp³-hybridized carbons (Fsp3) is 0.125. The average Bonchev–Trinajstić information content (AvgIpc) is 2.76. The summed E-state index contributed by atoms with van der Waals surface area (Å²) in [6, 6.07) is 17.4. The maximum atomic E-state index is 12.4. The molecule has 158 valence electrons. The number of benzene rings is 3. The third-order valence-electron chi connectivity index (χ3n) is 4.54. The molecule has 3 aromatic rings. The third kappa shape index (κ3) is 5.79. The number of nitro groups is 1. The number of ketones is 1. The van der Waals surface area contributed by atoms with Gasteiger partial charge in [-0.15, -0.1) is 0 Å². The minimum Gasteiger partial charge on any atom is -0.496 e. The van der Waals surface area contributed by atoms with Gasteiger partial charge in [0.05, 0.1) is 12.0 Å². The number of allylic oxidation sites excluding steroid dienone is 1. The van der Waals surface area contributed by atoms with Crippen molar-refractivity contribution in [2.75, 3.05) is 7.11 Å². The summed E-state index contributed by atoms with van der Waals surface area (Å²) in [5.74, 6) is 0.652. The lowest BCUT2D eigenvalue weighted by Crippen LogP contribution is -2.02. The van der Waals surface area contributed by atoms with Crippen molar-refractivity contribution in [3.05, 3.63) is 104 Å². The summed E-state index contributed by atoms with van der Waals surface area (Å²) in [6.45, 7) is 1.86. The highest BCUT2D eigenvalue weighted by Gasteiger charge is 2.16. The van der Waals surface area contributed by atoms with E-state index in [1.165, 1.54) is 12.1 Å². The van der Waals surface area contributed by atoms with Gasteiger partial charge in [-0.1, -0.05) is 46.3 Å². The summed E-state index contributed by atoms with van der Waals surface area (Å²) in [7, 11) is 1.54. The Labute approximate surface area is 188 Å². The second-order valence-electron chi connectivity index (χ2n) is 6.80. The van der Waals surface area contributed by atoms with E-state index in [-0.39, 0.29) is 23.8 Å². The van der Waals surface area contributed by atoms with Crippen molar-refractivity contribution in [2.45, 2.75) is 13.5 Å². The number of methoxy groups -OCH3 is 1. The number of carbonyl (C=O) groups is 1. The number of nitro benzene ring substituents is 1. The van der Waals surface area contributed by atoms with Gasteiger partial charge in [0.1, 0.15) is 12.4 Å². The maximum Gasteiger partial charge on any atom is 0.311 e. The molecule has 7 heteroatoms. The summed E-state index contributed by atoms with van der Waals surface area (Å²) >= 11 is 3.36. The van der Waals surface area contributed by atoms with Crippen molar-refractivity contribution >= 4 is 33.5 Å². The van der Waals surface area contributed by atoms with Crippen LogP contribution in [0.15, 0.2) is 71.2 Å². The van der Waals surface area contributed by atoms with Crippen LogP contribution < -0.4 is 9.47 Å². The molecule has 0 aliphatic carbocycles. The van der Waals surface area contributed by atoms with E-state index in [1.54, 1.807) is 56.5 Å². The lowest BCUT2D eigenvalue weighted by molar-refractivity contribution is -0.386. The standard InChI is InChI=1S/C24H20BrNO5/c1-16-6-10-24(21(12-16)26(28)29)31-15-19-13-17(8-11-23(19)30-2)7-9-22(27)18-4-3-5-20(25)14-18/h3-14H,15H2,1-2H3/b9-7+. The summed E-state index contributed by atoms with van der Waals surface area (Å²) in [5, 5.41) is 11.3. The highest BCUT2D eigenvalue weighted by atomic mass is 79.9. The number of carbonyl (C=O) groups excluding carboxylic acids is 1. The zero-order valence-electron chi connectivity index (χ0n) is 17.0. The van der Waals surface area contributed by atoms with Crippen LogP contribution in [0.3, 0.4) is 0 Å². The van der Waals surface area contributed by atoms with Crippen LogP contribution in [-0.4, -0.2) is 17.8 Å². The van der Waals surface area contributed by atoms with E-state index < -0.39 is 4.92 Å². The molecule has 0 amide bonds. The number of rotatable bonds is 8. The normalized spacial score (nSPS) is 10.8. The van der Waals surface area contributed by atoms with Crippen LogP contribution in [-0.2, 0) is 6.61 Å². The largest absolute Gasteiger partial charge is 0.496 e. The van der Waals surface area contributed by atoms with E-state index in [0.29, 0.717) is 16.9 Å². The molecule has 0 heterocycles. The van der Waals surface area contributed by atoms with Gasteiger partial charge >= 0.3 is 5.69 Å². The Bertz CT molecular complexity index is 1160. The molecule has 0 aliphatic rings. The molecule has 0 fully saturated rings. The molecule has 0 aliphatic heterocycles. The van der Waals surface area contributed by atoms with Crippen LogP contribution in [0.25, 0.3) is 6.08 Å². The first-order valence-corrected chi connectivity index (χ1v) is 10.2. The Morgan fingerprint density at radius 1 is 1.10 bits per heavy atom. The molecule has 0 unspecified atom stereocenters. The second kappa shape index (κ2) is 10.0. The summed E-state index contributed by atoms with van der Waals surface area (Å²) in [4.78, 5) is 23.2. The minimum atomic E-state index is -0.466. The summed E-state index contributed by atoms with van der Waals surface area (Å²) in [5.41, 5.74) is 2.75. The van der Waals surface area contributed by atoms with E-state index in [0.717, 1.165) is 15.6 Å². The number of hydrogen-bond donors (Lipinski definition) is 0. The third-order valence-corrected chi connectivity index (χ3v) is 5.03. The first kappa shape index (κ1) is 22.2. The van der Waals surface area contributed by atoms with Gasteiger partial charge in [0.2, 0.25) is 0 Å². The van der Waals surface area contributed by atoms with Gasteiger partial charge in [0, 0.05) is 21.7 Å². The van der Waals surface area contributed by atoms with Crippen molar-refractivity contribution in [1.82, 2.24) is 0 Å². The molecule has 0 aromatic heterocycles. The highest BCUT2D eigenvalue weighted by molar-refractivity contribution is 9.10.